The monoisotopic (exact) mass is 210 g/mol. The highest BCUT2D eigenvalue weighted by Gasteiger charge is 2.10. The molecule has 0 atom stereocenters. The molecular weight excluding hydrogens is 196 g/mol. The van der Waals surface area contributed by atoms with Gasteiger partial charge < -0.3 is 5.32 Å². The summed E-state index contributed by atoms with van der Waals surface area (Å²) in [7, 11) is 0. The lowest BCUT2D eigenvalue weighted by molar-refractivity contribution is 1.11. The number of benzene rings is 1. The zero-order valence-electron chi connectivity index (χ0n) is 9.33. The average molecular weight is 210 g/mol. The number of anilines is 1. The van der Waals surface area contributed by atoms with Gasteiger partial charge in [0.2, 0.25) is 0 Å². The average Bonchev–Trinajstić information content (AvgIpc) is 2.75. The molecule has 1 N–H and O–H groups in total. The van der Waals surface area contributed by atoms with Crippen molar-refractivity contribution in [1.29, 1.82) is 0 Å². The third kappa shape index (κ3) is 1.56. The normalized spacial score (nSPS) is 13.3. The zero-order chi connectivity index (χ0) is 11.0. The summed E-state index contributed by atoms with van der Waals surface area (Å²) in [5.41, 5.74) is 6.33. The molecule has 2 heteroatoms. The first-order valence-electron chi connectivity index (χ1n) is 5.62. The predicted octanol–water partition coefficient (Wildman–Crippen LogP) is 3.03. The van der Waals surface area contributed by atoms with Crippen molar-refractivity contribution in [2.24, 2.45) is 0 Å². The Morgan fingerprint density at radius 1 is 1.12 bits per heavy atom. The van der Waals surface area contributed by atoms with Crippen LogP contribution in [0.2, 0.25) is 0 Å². The molecule has 2 aromatic rings. The van der Waals surface area contributed by atoms with E-state index in [1.54, 1.807) is 0 Å². The molecule has 1 aromatic heterocycles. The lowest BCUT2D eigenvalue weighted by atomic mass is 10.0. The van der Waals surface area contributed by atoms with Gasteiger partial charge in [-0.1, -0.05) is 12.1 Å². The van der Waals surface area contributed by atoms with Crippen LogP contribution in [0.15, 0.2) is 36.7 Å². The molecule has 1 aromatic carbocycles. The van der Waals surface area contributed by atoms with E-state index in [1.807, 2.05) is 12.4 Å². The van der Waals surface area contributed by atoms with Gasteiger partial charge in [0.05, 0.1) is 0 Å². The topological polar surface area (TPSA) is 24.9 Å². The van der Waals surface area contributed by atoms with Crippen molar-refractivity contribution in [1.82, 2.24) is 4.98 Å². The molecule has 0 radical (unpaired) electrons. The Morgan fingerprint density at radius 2 is 2.06 bits per heavy atom. The lowest BCUT2D eigenvalue weighted by Crippen LogP contribution is -1.91. The van der Waals surface area contributed by atoms with Gasteiger partial charge in [-0.3, -0.25) is 4.98 Å². The number of aryl methyl sites for hydroxylation is 1. The van der Waals surface area contributed by atoms with Crippen LogP contribution in [0, 0.1) is 6.92 Å². The summed E-state index contributed by atoms with van der Waals surface area (Å²) < 4.78 is 0. The highest BCUT2D eigenvalue weighted by atomic mass is 14.9. The maximum Gasteiger partial charge on any atom is 0.0379 e. The summed E-state index contributed by atoms with van der Waals surface area (Å²) in [6.07, 6.45) is 4.94. The number of rotatable bonds is 1. The number of hydrogen-bond donors (Lipinski definition) is 1. The van der Waals surface area contributed by atoms with E-state index in [0.29, 0.717) is 0 Å². The van der Waals surface area contributed by atoms with Crippen LogP contribution in [0.3, 0.4) is 0 Å². The first-order chi connectivity index (χ1) is 7.83. The highest BCUT2D eigenvalue weighted by molar-refractivity contribution is 5.71. The Hall–Kier alpha value is -1.83. The summed E-state index contributed by atoms with van der Waals surface area (Å²) in [6.45, 7) is 3.13. The van der Waals surface area contributed by atoms with Gasteiger partial charge in [0.1, 0.15) is 0 Å². The predicted molar refractivity (Wildman–Crippen MR) is 66.6 cm³/mol. The van der Waals surface area contributed by atoms with Gasteiger partial charge in [-0.25, -0.2) is 0 Å². The SMILES string of the molecule is Cc1cncc(-c2ccc3c(c2)NCC3)c1. The quantitative estimate of drug-likeness (QED) is 0.782. The van der Waals surface area contributed by atoms with Crippen molar-refractivity contribution in [2.45, 2.75) is 13.3 Å². The molecular formula is C14H14N2. The molecule has 0 unspecified atom stereocenters. The van der Waals surface area contributed by atoms with Gasteiger partial charge >= 0.3 is 0 Å². The fourth-order valence-corrected chi connectivity index (χ4v) is 2.18. The lowest BCUT2D eigenvalue weighted by Gasteiger charge is -2.05. The highest BCUT2D eigenvalue weighted by Crippen LogP contribution is 2.28. The van der Waals surface area contributed by atoms with E-state index >= 15 is 0 Å². The van der Waals surface area contributed by atoms with Crippen molar-refractivity contribution in [2.75, 3.05) is 11.9 Å². The number of pyridine rings is 1. The summed E-state index contributed by atoms with van der Waals surface area (Å²) in [6, 6.07) is 8.79. The summed E-state index contributed by atoms with van der Waals surface area (Å²) in [5.74, 6) is 0. The van der Waals surface area contributed by atoms with Gasteiger partial charge in [0.15, 0.2) is 0 Å². The van der Waals surface area contributed by atoms with Gasteiger partial charge in [0, 0.05) is 30.2 Å². The minimum absolute atomic E-state index is 1.06. The summed E-state index contributed by atoms with van der Waals surface area (Å²) >= 11 is 0. The number of hydrogen-bond acceptors (Lipinski definition) is 2. The van der Waals surface area contributed by atoms with Gasteiger partial charge in [-0.2, -0.15) is 0 Å². The molecule has 0 bridgehead atoms. The standard InChI is InChI=1S/C14H14N2/c1-10-6-13(9-15-8-10)12-3-2-11-4-5-16-14(11)7-12/h2-3,6-9,16H,4-5H2,1H3. The Labute approximate surface area is 95.3 Å². The molecule has 0 aliphatic carbocycles. The number of nitrogens with zero attached hydrogens (tertiary/aromatic N) is 1. The molecule has 0 saturated carbocycles. The van der Waals surface area contributed by atoms with Crippen LogP contribution in [-0.2, 0) is 6.42 Å². The molecule has 0 saturated heterocycles. The molecule has 0 amide bonds. The zero-order valence-corrected chi connectivity index (χ0v) is 9.33. The van der Waals surface area contributed by atoms with Gasteiger partial charge in [-0.05, 0) is 42.2 Å². The van der Waals surface area contributed by atoms with Gasteiger partial charge in [0.25, 0.3) is 0 Å². The van der Waals surface area contributed by atoms with Crippen LogP contribution in [0.25, 0.3) is 11.1 Å². The second-order valence-corrected chi connectivity index (χ2v) is 4.30. The molecule has 2 nitrogen and oxygen atoms in total. The number of aromatic nitrogens is 1. The molecule has 3 rings (SSSR count). The van der Waals surface area contributed by atoms with Crippen LogP contribution in [-0.4, -0.2) is 11.5 Å². The van der Waals surface area contributed by atoms with Crippen molar-refractivity contribution in [3.05, 3.63) is 47.8 Å². The fraction of sp³-hybridized carbons (Fsp3) is 0.214. The van der Waals surface area contributed by atoms with E-state index in [4.69, 9.17) is 0 Å². The van der Waals surface area contributed by atoms with E-state index in [0.717, 1.165) is 13.0 Å². The molecule has 0 fully saturated rings. The van der Waals surface area contributed by atoms with Crippen LogP contribution in [0.4, 0.5) is 5.69 Å². The maximum absolute atomic E-state index is 4.23. The van der Waals surface area contributed by atoms with E-state index in [1.165, 1.54) is 27.9 Å². The van der Waals surface area contributed by atoms with Crippen LogP contribution >= 0.6 is 0 Å². The Morgan fingerprint density at radius 3 is 2.94 bits per heavy atom. The van der Waals surface area contributed by atoms with Crippen molar-refractivity contribution >= 4 is 5.69 Å². The van der Waals surface area contributed by atoms with Crippen molar-refractivity contribution < 1.29 is 0 Å². The van der Waals surface area contributed by atoms with Crippen molar-refractivity contribution in [3.8, 4) is 11.1 Å². The fourth-order valence-electron chi connectivity index (χ4n) is 2.18. The largest absolute Gasteiger partial charge is 0.384 e. The molecule has 0 spiro atoms. The second kappa shape index (κ2) is 3.63. The molecule has 1 aliphatic heterocycles. The van der Waals surface area contributed by atoms with E-state index in [-0.39, 0.29) is 0 Å². The number of fused-ring (bicyclic) bond motifs is 1. The maximum atomic E-state index is 4.23. The minimum atomic E-state index is 1.06. The first kappa shape index (κ1) is 9.40. The molecule has 80 valence electrons. The Balaban J connectivity index is 2.07. The van der Waals surface area contributed by atoms with Crippen LogP contribution < -0.4 is 5.32 Å². The number of nitrogens with one attached hydrogen (secondary N) is 1. The summed E-state index contributed by atoms with van der Waals surface area (Å²) in [5, 5.41) is 3.40. The van der Waals surface area contributed by atoms with Gasteiger partial charge in [-0.15, -0.1) is 0 Å². The van der Waals surface area contributed by atoms with Crippen molar-refractivity contribution in [3.63, 3.8) is 0 Å². The molecule has 16 heavy (non-hydrogen) atoms. The Bertz CT molecular complexity index is 532. The van der Waals surface area contributed by atoms with Crippen LogP contribution in [0.5, 0.6) is 0 Å². The smallest absolute Gasteiger partial charge is 0.0379 e. The third-order valence-electron chi connectivity index (χ3n) is 3.03. The second-order valence-electron chi connectivity index (χ2n) is 4.30. The third-order valence-corrected chi connectivity index (χ3v) is 3.03. The van der Waals surface area contributed by atoms with Crippen LogP contribution in [0.1, 0.15) is 11.1 Å². The summed E-state index contributed by atoms with van der Waals surface area (Å²) in [4.78, 5) is 4.23. The minimum Gasteiger partial charge on any atom is -0.384 e. The molecule has 1 aliphatic rings. The van der Waals surface area contributed by atoms with E-state index in [9.17, 15) is 0 Å². The van der Waals surface area contributed by atoms with E-state index < -0.39 is 0 Å². The van der Waals surface area contributed by atoms with E-state index in [2.05, 4.69) is 41.5 Å². The first-order valence-corrected chi connectivity index (χ1v) is 5.62. The molecule has 2 heterocycles. The Kier molecular flexibility index (Phi) is 2.13.